The molecule has 2 heterocycles. The number of hydrogen-bond acceptors (Lipinski definition) is 4. The number of β-amino-alcohol motifs (C(OH)–C–C–N with tert-alkyl or cyclic N) is 1. The van der Waals surface area contributed by atoms with E-state index in [1.165, 1.54) is 28.8 Å². The van der Waals surface area contributed by atoms with Crippen molar-refractivity contribution in [1.82, 2.24) is 0 Å². The Morgan fingerprint density at radius 3 is 2.92 bits per heavy atom. The number of thiophene rings is 1. The molecule has 0 atom stereocenters. The quantitative estimate of drug-likeness (QED) is 0.921. The molecule has 0 bridgehead atoms. The highest BCUT2D eigenvalue weighted by Crippen LogP contribution is 2.42. The Morgan fingerprint density at radius 2 is 2.12 bits per heavy atom. The molecule has 130 valence electrons. The van der Waals surface area contributed by atoms with E-state index in [-0.39, 0.29) is 19.1 Å². The molecule has 1 aromatic heterocycles. The number of aliphatic imine (C=N–C) groups is 1. The molecule has 25 heavy (non-hydrogen) atoms. The van der Waals surface area contributed by atoms with Crippen LogP contribution in [0.4, 0.5) is 5.00 Å². The van der Waals surface area contributed by atoms with Crippen molar-refractivity contribution in [2.24, 2.45) is 4.99 Å². The molecular formula is C20H22N2O2S. The van der Waals surface area contributed by atoms with Gasteiger partial charge in [0.25, 0.3) is 0 Å². The van der Waals surface area contributed by atoms with Crippen LogP contribution in [-0.4, -0.2) is 36.4 Å². The second kappa shape index (κ2) is 6.73. The Bertz CT molecular complexity index is 853. The van der Waals surface area contributed by atoms with E-state index in [1.54, 1.807) is 16.2 Å². The third kappa shape index (κ3) is 2.92. The first-order valence-electron chi connectivity index (χ1n) is 8.86. The summed E-state index contributed by atoms with van der Waals surface area (Å²) in [7, 11) is 0. The number of aliphatic hydroxyl groups is 1. The predicted octanol–water partition coefficient (Wildman–Crippen LogP) is 3.11. The summed E-state index contributed by atoms with van der Waals surface area (Å²) in [4.78, 5) is 20.5. The number of carbonyl (C=O) groups is 1. The standard InChI is InChI=1S/C20H22N2O2S/c1-13-5-4-6-14(11-13)19-18-15-7-2-3-8-16(15)25-20(18)22(9-10-23)17(24)12-21-19/h4-6,11,23H,2-3,7-10,12H2,1H3. The number of carbonyl (C=O) groups excluding carboxylic acids is 1. The van der Waals surface area contributed by atoms with Crippen LogP contribution in [-0.2, 0) is 17.6 Å². The third-order valence-corrected chi connectivity index (χ3v) is 6.24. The van der Waals surface area contributed by atoms with Gasteiger partial charge in [0.05, 0.1) is 12.3 Å². The molecule has 1 aliphatic carbocycles. The van der Waals surface area contributed by atoms with Gasteiger partial charge in [0.2, 0.25) is 5.91 Å². The summed E-state index contributed by atoms with van der Waals surface area (Å²) in [5.74, 6) is -0.0310. The van der Waals surface area contributed by atoms with Gasteiger partial charge in [-0.25, -0.2) is 0 Å². The van der Waals surface area contributed by atoms with Gasteiger partial charge in [-0.15, -0.1) is 11.3 Å². The first kappa shape index (κ1) is 16.5. The Morgan fingerprint density at radius 1 is 1.28 bits per heavy atom. The summed E-state index contributed by atoms with van der Waals surface area (Å²) >= 11 is 1.72. The van der Waals surface area contributed by atoms with Gasteiger partial charge in [-0.3, -0.25) is 14.7 Å². The molecule has 0 spiro atoms. The van der Waals surface area contributed by atoms with Crippen LogP contribution in [0.2, 0.25) is 0 Å². The zero-order chi connectivity index (χ0) is 17.4. The molecule has 5 heteroatoms. The van der Waals surface area contributed by atoms with Crippen molar-refractivity contribution in [2.45, 2.75) is 32.6 Å². The molecule has 0 saturated heterocycles. The maximum absolute atomic E-state index is 12.6. The van der Waals surface area contributed by atoms with E-state index in [0.717, 1.165) is 34.7 Å². The van der Waals surface area contributed by atoms with Crippen molar-refractivity contribution < 1.29 is 9.90 Å². The predicted molar refractivity (Wildman–Crippen MR) is 102 cm³/mol. The van der Waals surface area contributed by atoms with E-state index >= 15 is 0 Å². The lowest BCUT2D eigenvalue weighted by Gasteiger charge is -2.19. The molecule has 0 radical (unpaired) electrons. The van der Waals surface area contributed by atoms with E-state index < -0.39 is 0 Å². The maximum atomic E-state index is 12.6. The Hall–Kier alpha value is -1.98. The maximum Gasteiger partial charge on any atom is 0.249 e. The molecule has 1 amide bonds. The fourth-order valence-electron chi connectivity index (χ4n) is 3.76. The third-order valence-electron chi connectivity index (χ3n) is 4.92. The van der Waals surface area contributed by atoms with E-state index in [2.05, 4.69) is 25.1 Å². The number of aliphatic hydroxyl groups excluding tert-OH is 1. The SMILES string of the molecule is Cc1cccc(C2=NCC(=O)N(CCO)c3sc4c(c32)CCCC4)c1. The van der Waals surface area contributed by atoms with Gasteiger partial charge in [-0.1, -0.05) is 23.8 Å². The second-order valence-electron chi connectivity index (χ2n) is 6.69. The van der Waals surface area contributed by atoms with Crippen LogP contribution in [0.3, 0.4) is 0 Å². The summed E-state index contributed by atoms with van der Waals surface area (Å²) in [6.07, 6.45) is 4.52. The van der Waals surface area contributed by atoms with Crippen LogP contribution in [0.5, 0.6) is 0 Å². The number of amides is 1. The molecule has 1 aliphatic heterocycles. The molecule has 4 rings (SSSR count). The highest BCUT2D eigenvalue weighted by Gasteiger charge is 2.32. The molecule has 1 aromatic carbocycles. The van der Waals surface area contributed by atoms with Gasteiger partial charge in [0.15, 0.2) is 0 Å². The van der Waals surface area contributed by atoms with Gasteiger partial charge in [-0.2, -0.15) is 0 Å². The zero-order valence-corrected chi connectivity index (χ0v) is 15.2. The van der Waals surface area contributed by atoms with Crippen molar-refractivity contribution in [3.05, 3.63) is 51.4 Å². The van der Waals surface area contributed by atoms with Gasteiger partial charge >= 0.3 is 0 Å². The number of anilines is 1. The zero-order valence-electron chi connectivity index (χ0n) is 14.4. The summed E-state index contributed by atoms with van der Waals surface area (Å²) in [5, 5.41) is 10.4. The van der Waals surface area contributed by atoms with E-state index in [4.69, 9.17) is 4.99 Å². The average Bonchev–Trinajstić information content (AvgIpc) is 2.93. The van der Waals surface area contributed by atoms with E-state index in [0.29, 0.717) is 6.54 Å². The van der Waals surface area contributed by atoms with Gasteiger partial charge in [-0.05, 0) is 44.2 Å². The van der Waals surface area contributed by atoms with E-state index in [1.807, 2.05) is 6.07 Å². The van der Waals surface area contributed by atoms with Crippen LogP contribution in [0, 0.1) is 6.92 Å². The minimum atomic E-state index is -0.0342. The topological polar surface area (TPSA) is 52.9 Å². The minimum absolute atomic E-state index is 0.0310. The minimum Gasteiger partial charge on any atom is -0.395 e. The van der Waals surface area contributed by atoms with Crippen molar-refractivity contribution in [1.29, 1.82) is 0 Å². The lowest BCUT2D eigenvalue weighted by atomic mass is 9.91. The highest BCUT2D eigenvalue weighted by molar-refractivity contribution is 7.17. The smallest absolute Gasteiger partial charge is 0.249 e. The molecule has 2 aromatic rings. The fourth-order valence-corrected chi connectivity index (χ4v) is 5.20. The van der Waals surface area contributed by atoms with Gasteiger partial charge < -0.3 is 5.11 Å². The molecule has 4 nitrogen and oxygen atoms in total. The lowest BCUT2D eigenvalue weighted by molar-refractivity contribution is -0.117. The second-order valence-corrected chi connectivity index (χ2v) is 7.78. The van der Waals surface area contributed by atoms with Crippen LogP contribution < -0.4 is 4.90 Å². The van der Waals surface area contributed by atoms with Gasteiger partial charge in [0.1, 0.15) is 11.5 Å². The van der Waals surface area contributed by atoms with Crippen molar-refractivity contribution in [3.63, 3.8) is 0 Å². The Labute approximate surface area is 151 Å². The molecule has 1 N–H and O–H groups in total. The molecule has 0 fully saturated rings. The average molecular weight is 354 g/mol. The van der Waals surface area contributed by atoms with Crippen molar-refractivity contribution in [2.75, 3.05) is 24.6 Å². The molecule has 0 unspecified atom stereocenters. The van der Waals surface area contributed by atoms with Gasteiger partial charge in [0, 0.05) is 22.5 Å². The number of rotatable bonds is 3. The van der Waals surface area contributed by atoms with Crippen LogP contribution in [0.25, 0.3) is 0 Å². The lowest BCUT2D eigenvalue weighted by Crippen LogP contribution is -2.34. The monoisotopic (exact) mass is 354 g/mol. The van der Waals surface area contributed by atoms with Crippen molar-refractivity contribution >= 4 is 28.0 Å². The number of nitrogens with zero attached hydrogens (tertiary/aromatic N) is 2. The largest absolute Gasteiger partial charge is 0.395 e. The number of hydrogen-bond donors (Lipinski definition) is 1. The van der Waals surface area contributed by atoms with Crippen molar-refractivity contribution in [3.8, 4) is 0 Å². The van der Waals surface area contributed by atoms with E-state index in [9.17, 15) is 9.90 Å². The normalized spacial score (nSPS) is 17.0. The van der Waals surface area contributed by atoms with Crippen LogP contribution in [0.1, 0.15) is 40.0 Å². The fraction of sp³-hybridized carbons (Fsp3) is 0.400. The number of benzene rings is 1. The first-order valence-corrected chi connectivity index (χ1v) is 9.68. The number of aryl methyl sites for hydroxylation is 2. The Balaban J connectivity index is 1.93. The molecule has 2 aliphatic rings. The summed E-state index contributed by atoms with van der Waals surface area (Å²) in [6.45, 7) is 2.52. The van der Waals surface area contributed by atoms with Crippen LogP contribution in [0.15, 0.2) is 29.3 Å². The summed E-state index contributed by atoms with van der Waals surface area (Å²) < 4.78 is 0. The Kier molecular flexibility index (Phi) is 4.44. The summed E-state index contributed by atoms with van der Waals surface area (Å²) in [5.41, 5.74) is 5.69. The first-order chi connectivity index (χ1) is 12.2. The molecule has 0 saturated carbocycles. The highest BCUT2D eigenvalue weighted by atomic mass is 32.1. The number of fused-ring (bicyclic) bond motifs is 3. The molecular weight excluding hydrogens is 332 g/mol. The van der Waals surface area contributed by atoms with Crippen LogP contribution >= 0.6 is 11.3 Å². The summed E-state index contributed by atoms with van der Waals surface area (Å²) in [6, 6.07) is 8.34.